The van der Waals surface area contributed by atoms with Crippen LogP contribution < -0.4 is 4.74 Å². The van der Waals surface area contributed by atoms with Gasteiger partial charge in [0.2, 0.25) is 0 Å². The van der Waals surface area contributed by atoms with Crippen molar-refractivity contribution in [3.05, 3.63) is 63.6 Å². The first-order valence-electron chi connectivity index (χ1n) is 7.28. The summed E-state index contributed by atoms with van der Waals surface area (Å²) in [5, 5.41) is 0.934. The molecule has 4 nitrogen and oxygen atoms in total. The second kappa shape index (κ2) is 8.18. The van der Waals surface area contributed by atoms with Crippen LogP contribution in [0.5, 0.6) is 5.75 Å². The first kappa shape index (κ1) is 18.3. The molecule has 0 aromatic heterocycles. The number of amides is 1. The van der Waals surface area contributed by atoms with E-state index in [1.165, 1.54) is 6.92 Å². The van der Waals surface area contributed by atoms with Gasteiger partial charge in [0.15, 0.2) is 12.4 Å². The van der Waals surface area contributed by atoms with Gasteiger partial charge in [0.05, 0.1) is 10.0 Å². The van der Waals surface area contributed by atoms with Crippen molar-refractivity contribution in [3.63, 3.8) is 0 Å². The normalized spacial score (nSPS) is 10.3. The maximum Gasteiger partial charge on any atom is 0.260 e. The van der Waals surface area contributed by atoms with Crippen LogP contribution in [0.2, 0.25) is 10.0 Å². The Morgan fingerprint density at radius 1 is 1.04 bits per heavy atom. The van der Waals surface area contributed by atoms with E-state index in [-0.39, 0.29) is 18.3 Å². The number of carbonyl (C=O) groups is 2. The highest BCUT2D eigenvalue weighted by Gasteiger charge is 2.11. The van der Waals surface area contributed by atoms with Gasteiger partial charge in [-0.3, -0.25) is 9.59 Å². The summed E-state index contributed by atoms with van der Waals surface area (Å²) in [5.74, 6) is 0.354. The summed E-state index contributed by atoms with van der Waals surface area (Å²) >= 11 is 11.8. The average molecular weight is 366 g/mol. The Balaban J connectivity index is 1.89. The molecular formula is C18H17Cl2NO3. The molecular weight excluding hydrogens is 349 g/mol. The van der Waals surface area contributed by atoms with Crippen LogP contribution in [0.4, 0.5) is 0 Å². The van der Waals surface area contributed by atoms with Gasteiger partial charge in [-0.1, -0.05) is 29.3 Å². The third kappa shape index (κ3) is 4.98. The van der Waals surface area contributed by atoms with Gasteiger partial charge >= 0.3 is 0 Å². The number of Topliss-reactive ketones (excluding diaryl/α,β-unsaturated/α-hetero) is 1. The number of carbonyl (C=O) groups excluding carboxylic acids is 2. The number of benzene rings is 2. The van der Waals surface area contributed by atoms with E-state index in [4.69, 9.17) is 27.9 Å². The van der Waals surface area contributed by atoms with Gasteiger partial charge in [0, 0.05) is 19.2 Å². The van der Waals surface area contributed by atoms with Crippen LogP contribution in [0.15, 0.2) is 42.5 Å². The fourth-order valence-electron chi connectivity index (χ4n) is 2.04. The number of rotatable bonds is 6. The number of likely N-dealkylation sites (N-methyl/N-ethyl adjacent to an activating group) is 1. The van der Waals surface area contributed by atoms with Gasteiger partial charge in [-0.25, -0.2) is 0 Å². The lowest BCUT2D eigenvalue weighted by Gasteiger charge is -2.18. The monoisotopic (exact) mass is 365 g/mol. The van der Waals surface area contributed by atoms with Crippen molar-refractivity contribution in [3.8, 4) is 5.75 Å². The standard InChI is InChI=1S/C18H17Cl2NO3/c1-12(22)14-4-6-15(7-5-14)24-11-18(23)21(2)10-13-3-8-16(19)17(20)9-13/h3-9H,10-11H2,1-2H3. The first-order chi connectivity index (χ1) is 11.4. The number of ether oxygens (including phenoxy) is 1. The van der Waals surface area contributed by atoms with Crippen LogP contribution in [0.25, 0.3) is 0 Å². The lowest BCUT2D eigenvalue weighted by molar-refractivity contribution is -0.132. The predicted octanol–water partition coefficient (Wildman–Crippen LogP) is 4.23. The number of hydrogen-bond donors (Lipinski definition) is 0. The molecule has 0 saturated carbocycles. The minimum Gasteiger partial charge on any atom is -0.484 e. The Labute approximate surface area is 150 Å². The summed E-state index contributed by atoms with van der Waals surface area (Å²) in [7, 11) is 1.69. The summed E-state index contributed by atoms with van der Waals surface area (Å²) in [6, 6.07) is 11.9. The van der Waals surface area contributed by atoms with Gasteiger partial charge in [-0.15, -0.1) is 0 Å². The molecule has 126 valence electrons. The smallest absolute Gasteiger partial charge is 0.260 e. The molecule has 0 saturated heterocycles. The maximum absolute atomic E-state index is 12.1. The van der Waals surface area contributed by atoms with E-state index in [0.29, 0.717) is 27.9 Å². The Bertz CT molecular complexity index is 744. The second-order valence-corrected chi connectivity index (χ2v) is 6.18. The van der Waals surface area contributed by atoms with Crippen LogP contribution in [0.1, 0.15) is 22.8 Å². The summed E-state index contributed by atoms with van der Waals surface area (Å²) < 4.78 is 5.45. The topological polar surface area (TPSA) is 46.6 Å². The Hall–Kier alpha value is -2.04. The zero-order valence-corrected chi connectivity index (χ0v) is 14.9. The van der Waals surface area contributed by atoms with Crippen molar-refractivity contribution in [2.75, 3.05) is 13.7 Å². The molecule has 0 radical (unpaired) electrons. The van der Waals surface area contributed by atoms with E-state index in [9.17, 15) is 9.59 Å². The molecule has 0 unspecified atom stereocenters. The average Bonchev–Trinajstić information content (AvgIpc) is 2.56. The third-order valence-corrected chi connectivity index (χ3v) is 4.19. The van der Waals surface area contributed by atoms with Crippen molar-refractivity contribution in [2.24, 2.45) is 0 Å². The SMILES string of the molecule is CC(=O)c1ccc(OCC(=O)N(C)Cc2ccc(Cl)c(Cl)c2)cc1. The molecule has 0 spiro atoms. The zero-order chi connectivity index (χ0) is 17.7. The minimum absolute atomic E-state index is 0.0148. The molecule has 2 rings (SSSR count). The lowest BCUT2D eigenvalue weighted by atomic mass is 10.1. The van der Waals surface area contributed by atoms with E-state index >= 15 is 0 Å². The lowest BCUT2D eigenvalue weighted by Crippen LogP contribution is -2.30. The van der Waals surface area contributed by atoms with Crippen molar-refractivity contribution in [1.29, 1.82) is 0 Å². The Morgan fingerprint density at radius 2 is 1.71 bits per heavy atom. The van der Waals surface area contributed by atoms with Crippen LogP contribution in [0, 0.1) is 0 Å². The molecule has 6 heteroatoms. The largest absolute Gasteiger partial charge is 0.484 e. The van der Waals surface area contributed by atoms with Crippen molar-refractivity contribution < 1.29 is 14.3 Å². The van der Waals surface area contributed by atoms with Gasteiger partial charge in [-0.2, -0.15) is 0 Å². The van der Waals surface area contributed by atoms with Crippen molar-refractivity contribution in [1.82, 2.24) is 4.90 Å². The van der Waals surface area contributed by atoms with Crippen molar-refractivity contribution >= 4 is 34.9 Å². The Morgan fingerprint density at radius 3 is 2.29 bits per heavy atom. The van der Waals surface area contributed by atoms with E-state index in [0.717, 1.165) is 5.56 Å². The molecule has 2 aromatic rings. The quantitative estimate of drug-likeness (QED) is 0.719. The molecule has 0 aliphatic rings. The molecule has 24 heavy (non-hydrogen) atoms. The van der Waals surface area contributed by atoms with E-state index in [1.807, 2.05) is 6.07 Å². The maximum atomic E-state index is 12.1. The van der Waals surface area contributed by atoms with Gasteiger partial charge in [-0.05, 0) is 48.9 Å². The predicted molar refractivity (Wildman–Crippen MR) is 94.9 cm³/mol. The summed E-state index contributed by atoms with van der Waals surface area (Å²) in [6.45, 7) is 1.82. The fourth-order valence-corrected chi connectivity index (χ4v) is 2.36. The third-order valence-electron chi connectivity index (χ3n) is 3.45. The van der Waals surface area contributed by atoms with Gasteiger partial charge in [0.25, 0.3) is 5.91 Å². The number of nitrogens with zero attached hydrogens (tertiary/aromatic N) is 1. The molecule has 0 bridgehead atoms. The highest BCUT2D eigenvalue weighted by atomic mass is 35.5. The van der Waals surface area contributed by atoms with Crippen molar-refractivity contribution in [2.45, 2.75) is 13.5 Å². The van der Waals surface area contributed by atoms with Crippen LogP contribution in [0.3, 0.4) is 0 Å². The van der Waals surface area contributed by atoms with E-state index in [2.05, 4.69) is 0 Å². The zero-order valence-electron chi connectivity index (χ0n) is 13.4. The van der Waals surface area contributed by atoms with E-state index < -0.39 is 0 Å². The summed E-state index contributed by atoms with van der Waals surface area (Å²) in [5.41, 5.74) is 1.48. The summed E-state index contributed by atoms with van der Waals surface area (Å²) in [4.78, 5) is 24.9. The summed E-state index contributed by atoms with van der Waals surface area (Å²) in [6.07, 6.45) is 0. The second-order valence-electron chi connectivity index (χ2n) is 5.37. The number of ketones is 1. The van der Waals surface area contributed by atoms with Crippen LogP contribution in [-0.2, 0) is 11.3 Å². The van der Waals surface area contributed by atoms with Crippen LogP contribution >= 0.6 is 23.2 Å². The molecule has 0 N–H and O–H groups in total. The number of hydrogen-bond acceptors (Lipinski definition) is 3. The highest BCUT2D eigenvalue weighted by molar-refractivity contribution is 6.42. The fraction of sp³-hybridized carbons (Fsp3) is 0.222. The molecule has 0 aliphatic carbocycles. The molecule has 0 fully saturated rings. The van der Waals surface area contributed by atoms with Crippen LogP contribution in [-0.4, -0.2) is 30.2 Å². The Kier molecular flexibility index (Phi) is 6.23. The molecule has 0 atom stereocenters. The molecule has 0 aliphatic heterocycles. The first-order valence-corrected chi connectivity index (χ1v) is 8.04. The molecule has 1 amide bonds. The van der Waals surface area contributed by atoms with Gasteiger partial charge in [0.1, 0.15) is 5.75 Å². The minimum atomic E-state index is -0.170. The van der Waals surface area contributed by atoms with Gasteiger partial charge < -0.3 is 9.64 Å². The highest BCUT2D eigenvalue weighted by Crippen LogP contribution is 2.23. The number of halogens is 2. The molecule has 2 aromatic carbocycles. The van der Waals surface area contributed by atoms with E-state index in [1.54, 1.807) is 48.3 Å². The molecule has 0 heterocycles.